The zero-order chi connectivity index (χ0) is 25.5. The van der Waals surface area contributed by atoms with Crippen molar-refractivity contribution in [2.45, 2.75) is 32.7 Å². The van der Waals surface area contributed by atoms with Crippen molar-refractivity contribution in [2.75, 3.05) is 29.9 Å². The number of benzene rings is 2. The molecule has 0 spiro atoms. The summed E-state index contributed by atoms with van der Waals surface area (Å²) in [5.41, 5.74) is 5.88. The third kappa shape index (κ3) is 4.35. The summed E-state index contributed by atoms with van der Waals surface area (Å²) in [7, 11) is 2.00. The van der Waals surface area contributed by atoms with E-state index in [0.29, 0.717) is 17.9 Å². The highest BCUT2D eigenvalue weighted by Crippen LogP contribution is 2.30. The van der Waals surface area contributed by atoms with E-state index < -0.39 is 0 Å². The number of nitrogens with zero attached hydrogens (tertiary/aromatic N) is 7. The summed E-state index contributed by atoms with van der Waals surface area (Å²) in [6.07, 6.45) is 3.43. The van der Waals surface area contributed by atoms with E-state index in [2.05, 4.69) is 80.6 Å². The molecule has 4 heterocycles. The van der Waals surface area contributed by atoms with Gasteiger partial charge in [0.05, 0.1) is 16.7 Å². The molecule has 5 aromatic rings. The maximum absolute atomic E-state index is 4.81. The van der Waals surface area contributed by atoms with Crippen LogP contribution in [0.25, 0.3) is 33.1 Å². The first-order valence-corrected chi connectivity index (χ1v) is 12.8. The molecule has 1 aliphatic rings. The van der Waals surface area contributed by atoms with Gasteiger partial charge in [-0.25, -0.2) is 19.9 Å². The van der Waals surface area contributed by atoms with E-state index in [9.17, 15) is 0 Å². The lowest BCUT2D eigenvalue weighted by Gasteiger charge is -2.35. The Kier molecular flexibility index (Phi) is 5.92. The molecule has 1 fully saturated rings. The fraction of sp³-hybridized carbons (Fsp3) is 0.321. The summed E-state index contributed by atoms with van der Waals surface area (Å²) < 4.78 is 1.98. The molecule has 37 heavy (non-hydrogen) atoms. The third-order valence-electron chi connectivity index (χ3n) is 7.02. The minimum absolute atomic E-state index is 0.375. The molecule has 0 bridgehead atoms. The largest absolute Gasteiger partial charge is 0.351 e. The van der Waals surface area contributed by atoms with Crippen molar-refractivity contribution < 1.29 is 0 Å². The average Bonchev–Trinajstić information content (AvgIpc) is 3.24. The molecule has 2 N–H and O–H groups in total. The number of fused-ring (bicyclic) bond motifs is 2. The minimum atomic E-state index is 0.375. The van der Waals surface area contributed by atoms with Crippen LogP contribution in [0, 0.1) is 0 Å². The van der Waals surface area contributed by atoms with E-state index >= 15 is 0 Å². The molecule has 0 radical (unpaired) electrons. The van der Waals surface area contributed by atoms with Gasteiger partial charge in [-0.2, -0.15) is 5.10 Å². The molecule has 0 unspecified atom stereocenters. The zero-order valence-corrected chi connectivity index (χ0v) is 21.6. The maximum Gasteiger partial charge on any atom is 0.227 e. The van der Waals surface area contributed by atoms with Gasteiger partial charge < -0.3 is 15.5 Å². The maximum atomic E-state index is 4.81. The second kappa shape index (κ2) is 9.40. The topological polar surface area (TPSA) is 96.7 Å². The summed E-state index contributed by atoms with van der Waals surface area (Å²) in [6.45, 7) is 9.43. The lowest BCUT2D eigenvalue weighted by Crippen LogP contribution is -2.50. The van der Waals surface area contributed by atoms with Crippen molar-refractivity contribution >= 4 is 39.3 Å². The molecule has 0 aliphatic carbocycles. The molecule has 1 atom stereocenters. The molecular formula is C28H31N9. The molecule has 6 rings (SSSR count). The standard InChI is InChI=1S/C28H31N9/c1-17(2)26-22-13-19(5-8-24(22)35-36(26)4)23-9-10-30-28(34-23)33-20-6-7-21-25(14-20)31-16-32-27(21)37-12-11-29-15-18(37)3/h5-10,13-14,16-18,29H,11-12,15H2,1-4H3,(H,30,33,34)/t18-/m1/s1. The molecule has 0 saturated carbocycles. The van der Waals surface area contributed by atoms with Crippen molar-refractivity contribution in [3.63, 3.8) is 0 Å². The molecular weight excluding hydrogens is 462 g/mol. The molecule has 9 nitrogen and oxygen atoms in total. The van der Waals surface area contributed by atoms with Gasteiger partial charge >= 0.3 is 0 Å². The predicted molar refractivity (Wildman–Crippen MR) is 148 cm³/mol. The van der Waals surface area contributed by atoms with Gasteiger partial charge in [-0.1, -0.05) is 19.9 Å². The van der Waals surface area contributed by atoms with E-state index in [0.717, 1.165) is 64.2 Å². The van der Waals surface area contributed by atoms with E-state index in [-0.39, 0.29) is 0 Å². The molecule has 188 valence electrons. The van der Waals surface area contributed by atoms with Crippen LogP contribution in [0.5, 0.6) is 0 Å². The SMILES string of the molecule is CC(C)c1c2cc(-c3ccnc(Nc4ccc5c(N6CCNC[C@H]6C)ncnc5c4)n3)ccc2nn1C. The smallest absolute Gasteiger partial charge is 0.227 e. The Morgan fingerprint density at radius 1 is 1.00 bits per heavy atom. The lowest BCUT2D eigenvalue weighted by atomic mass is 10.0. The fourth-order valence-electron chi connectivity index (χ4n) is 5.28. The average molecular weight is 494 g/mol. The molecule has 9 heteroatoms. The monoisotopic (exact) mass is 493 g/mol. The van der Waals surface area contributed by atoms with Crippen molar-refractivity contribution in [3.05, 3.63) is 60.7 Å². The van der Waals surface area contributed by atoms with E-state index in [1.165, 1.54) is 5.69 Å². The fourth-order valence-corrected chi connectivity index (χ4v) is 5.28. The van der Waals surface area contributed by atoms with Gasteiger partial charge in [0.1, 0.15) is 12.1 Å². The Bertz CT molecular complexity index is 1590. The predicted octanol–water partition coefficient (Wildman–Crippen LogP) is 4.64. The number of aryl methyl sites for hydroxylation is 1. The molecule has 3 aromatic heterocycles. The van der Waals surface area contributed by atoms with Gasteiger partial charge in [0.2, 0.25) is 5.95 Å². The third-order valence-corrected chi connectivity index (χ3v) is 7.02. The first-order valence-electron chi connectivity index (χ1n) is 12.8. The van der Waals surface area contributed by atoms with Crippen LogP contribution in [-0.4, -0.2) is 55.4 Å². The molecule has 1 saturated heterocycles. The van der Waals surface area contributed by atoms with Crippen molar-refractivity contribution in [2.24, 2.45) is 7.05 Å². The van der Waals surface area contributed by atoms with Crippen LogP contribution in [0.4, 0.5) is 17.5 Å². The van der Waals surface area contributed by atoms with Gasteiger partial charge in [-0.15, -0.1) is 0 Å². The van der Waals surface area contributed by atoms with Gasteiger partial charge in [0.15, 0.2) is 0 Å². The van der Waals surface area contributed by atoms with Crippen LogP contribution in [0.2, 0.25) is 0 Å². The van der Waals surface area contributed by atoms with Gasteiger partial charge in [0.25, 0.3) is 0 Å². The second-order valence-electron chi connectivity index (χ2n) is 9.96. The Labute approximate surface area is 216 Å². The molecule has 1 aliphatic heterocycles. The van der Waals surface area contributed by atoms with Crippen molar-refractivity contribution in [1.29, 1.82) is 0 Å². The summed E-state index contributed by atoms with van der Waals surface area (Å²) >= 11 is 0. The van der Waals surface area contributed by atoms with E-state index in [4.69, 9.17) is 4.98 Å². The van der Waals surface area contributed by atoms with Crippen LogP contribution < -0.4 is 15.5 Å². The van der Waals surface area contributed by atoms with Crippen molar-refractivity contribution in [1.82, 2.24) is 35.0 Å². The number of hydrogen-bond donors (Lipinski definition) is 2. The van der Waals surface area contributed by atoms with Crippen molar-refractivity contribution in [3.8, 4) is 11.3 Å². The minimum Gasteiger partial charge on any atom is -0.351 e. The first kappa shape index (κ1) is 23.3. The lowest BCUT2D eigenvalue weighted by molar-refractivity contribution is 0.498. The first-order chi connectivity index (χ1) is 18.0. The summed E-state index contributed by atoms with van der Waals surface area (Å²) in [6, 6.07) is 14.8. The van der Waals surface area contributed by atoms with Gasteiger partial charge in [-0.05, 0) is 49.2 Å². The number of nitrogens with one attached hydrogen (secondary N) is 2. The van der Waals surface area contributed by atoms with Crippen LogP contribution in [0.3, 0.4) is 0 Å². The normalized spacial score (nSPS) is 16.1. The van der Waals surface area contributed by atoms with E-state index in [1.807, 2.05) is 29.9 Å². The Hall–Kier alpha value is -4.11. The Morgan fingerprint density at radius 3 is 2.73 bits per heavy atom. The Morgan fingerprint density at radius 2 is 1.89 bits per heavy atom. The quantitative estimate of drug-likeness (QED) is 0.366. The van der Waals surface area contributed by atoms with Crippen LogP contribution in [0.15, 0.2) is 55.0 Å². The van der Waals surface area contributed by atoms with Gasteiger partial charge in [0, 0.05) is 66.6 Å². The number of piperazine rings is 1. The highest BCUT2D eigenvalue weighted by Gasteiger charge is 2.21. The summed E-state index contributed by atoms with van der Waals surface area (Å²) in [5, 5.41) is 13.7. The van der Waals surface area contributed by atoms with Crippen LogP contribution >= 0.6 is 0 Å². The number of anilines is 3. The number of rotatable bonds is 5. The van der Waals surface area contributed by atoms with Crippen LogP contribution in [0.1, 0.15) is 32.4 Å². The van der Waals surface area contributed by atoms with E-state index in [1.54, 1.807) is 12.5 Å². The number of aromatic nitrogens is 6. The zero-order valence-electron chi connectivity index (χ0n) is 21.6. The van der Waals surface area contributed by atoms with Gasteiger partial charge in [-0.3, -0.25) is 4.68 Å². The summed E-state index contributed by atoms with van der Waals surface area (Å²) in [4.78, 5) is 20.8. The Balaban J connectivity index is 1.30. The summed E-state index contributed by atoms with van der Waals surface area (Å²) in [5.74, 6) is 1.90. The number of hydrogen-bond acceptors (Lipinski definition) is 8. The molecule has 0 amide bonds. The second-order valence-corrected chi connectivity index (χ2v) is 9.96. The van der Waals surface area contributed by atoms with Crippen LogP contribution in [-0.2, 0) is 7.05 Å². The highest BCUT2D eigenvalue weighted by atomic mass is 15.3. The molecule has 2 aromatic carbocycles. The highest BCUT2D eigenvalue weighted by molar-refractivity contribution is 5.92.